The number of imide groups is 1. The van der Waals surface area contributed by atoms with Crippen LogP contribution in [0, 0.1) is 11.3 Å². The molecule has 0 bridgehead atoms. The molecule has 0 aliphatic carbocycles. The Morgan fingerprint density at radius 2 is 2.08 bits per heavy atom. The fourth-order valence-corrected chi connectivity index (χ4v) is 2.55. The average Bonchev–Trinajstić information content (AvgIpc) is 2.94. The van der Waals surface area contributed by atoms with Crippen LogP contribution in [0.4, 0.5) is 10.5 Å². The van der Waals surface area contributed by atoms with Crippen molar-refractivity contribution >= 4 is 17.6 Å². The number of hydrogen-bond acceptors (Lipinski definition) is 5. The van der Waals surface area contributed by atoms with E-state index in [2.05, 4.69) is 16.4 Å². The molecule has 0 spiro atoms. The van der Waals surface area contributed by atoms with Gasteiger partial charge in [0.1, 0.15) is 5.75 Å². The molecule has 25 heavy (non-hydrogen) atoms. The lowest BCUT2D eigenvalue weighted by Gasteiger charge is -2.13. The molecule has 7 heteroatoms. The van der Waals surface area contributed by atoms with E-state index in [0.29, 0.717) is 22.9 Å². The first kappa shape index (κ1) is 16.5. The van der Waals surface area contributed by atoms with Gasteiger partial charge in [-0.25, -0.2) is 14.7 Å². The van der Waals surface area contributed by atoms with Crippen molar-refractivity contribution in [3.05, 3.63) is 47.7 Å². The molecule has 1 aromatic carbocycles. The monoisotopic (exact) mass is 336 g/mol. The van der Waals surface area contributed by atoms with Crippen LogP contribution < -0.4 is 15.0 Å². The van der Waals surface area contributed by atoms with Crippen molar-refractivity contribution in [2.75, 3.05) is 11.4 Å². The highest BCUT2D eigenvalue weighted by Gasteiger charge is 2.30. The molecule has 3 rings (SSSR count). The number of carbonyl (C=O) groups excluding carboxylic acids is 2. The molecule has 126 valence electrons. The van der Waals surface area contributed by atoms with Gasteiger partial charge in [-0.2, -0.15) is 5.26 Å². The lowest BCUT2D eigenvalue weighted by atomic mass is 9.98. The highest BCUT2D eigenvalue weighted by molar-refractivity contribution is 6.19. The lowest BCUT2D eigenvalue weighted by molar-refractivity contribution is -0.115. The topological polar surface area (TPSA) is 95.3 Å². The van der Waals surface area contributed by atoms with Crippen LogP contribution >= 0.6 is 0 Å². The number of amides is 3. The predicted octanol–water partition coefficient (Wildman–Crippen LogP) is 2.93. The molecular formula is C18H16N4O3. The van der Waals surface area contributed by atoms with Gasteiger partial charge in [-0.1, -0.05) is 13.8 Å². The van der Waals surface area contributed by atoms with Crippen LogP contribution in [0.15, 0.2) is 36.5 Å². The van der Waals surface area contributed by atoms with Crippen molar-refractivity contribution in [3.63, 3.8) is 0 Å². The van der Waals surface area contributed by atoms with Gasteiger partial charge in [0.2, 0.25) is 5.88 Å². The van der Waals surface area contributed by atoms with E-state index in [4.69, 9.17) is 10.00 Å². The van der Waals surface area contributed by atoms with Crippen LogP contribution in [0.1, 0.15) is 30.9 Å². The zero-order valence-corrected chi connectivity index (χ0v) is 13.8. The number of carbonyl (C=O) groups is 2. The smallest absolute Gasteiger partial charge is 0.329 e. The minimum Gasteiger partial charge on any atom is -0.439 e. The number of benzene rings is 1. The van der Waals surface area contributed by atoms with E-state index in [1.165, 1.54) is 6.20 Å². The summed E-state index contributed by atoms with van der Waals surface area (Å²) in [5.74, 6) is 0.760. The van der Waals surface area contributed by atoms with E-state index in [0.717, 1.165) is 10.5 Å². The number of aromatic nitrogens is 1. The number of nitrogens with zero attached hydrogens (tertiary/aromatic N) is 3. The molecule has 1 saturated heterocycles. The normalized spacial score (nSPS) is 13.8. The van der Waals surface area contributed by atoms with Crippen molar-refractivity contribution in [3.8, 4) is 17.7 Å². The Kier molecular flexibility index (Phi) is 4.35. The third kappa shape index (κ3) is 3.28. The standard InChI is InChI=1S/C18H16N4O3/c1-11(2)15-7-14(5-3-12(15)8-19)25-16-6-4-13(9-20-16)22-17(23)10-21-18(22)24/h3-7,9,11H,10H2,1-2H3,(H,21,24). The summed E-state index contributed by atoms with van der Waals surface area (Å²) in [5, 5.41) is 11.6. The van der Waals surface area contributed by atoms with Crippen LogP contribution in [0.3, 0.4) is 0 Å². The van der Waals surface area contributed by atoms with E-state index in [-0.39, 0.29) is 18.4 Å². The third-order valence-corrected chi connectivity index (χ3v) is 3.81. The van der Waals surface area contributed by atoms with Crippen molar-refractivity contribution < 1.29 is 14.3 Å². The van der Waals surface area contributed by atoms with Gasteiger partial charge in [-0.15, -0.1) is 0 Å². The Morgan fingerprint density at radius 1 is 1.28 bits per heavy atom. The highest BCUT2D eigenvalue weighted by Crippen LogP contribution is 2.28. The van der Waals surface area contributed by atoms with Gasteiger partial charge < -0.3 is 10.1 Å². The number of pyridine rings is 1. The van der Waals surface area contributed by atoms with Gasteiger partial charge in [-0.05, 0) is 35.7 Å². The summed E-state index contributed by atoms with van der Waals surface area (Å²) < 4.78 is 5.72. The van der Waals surface area contributed by atoms with Gasteiger partial charge in [0.15, 0.2) is 0 Å². The molecule has 3 amide bonds. The number of urea groups is 1. The first-order valence-corrected chi connectivity index (χ1v) is 7.78. The van der Waals surface area contributed by atoms with E-state index in [1.807, 2.05) is 19.9 Å². The largest absolute Gasteiger partial charge is 0.439 e. The van der Waals surface area contributed by atoms with Gasteiger partial charge in [0.05, 0.1) is 30.1 Å². The Labute approximate surface area is 144 Å². The molecule has 1 aliphatic heterocycles. The maximum atomic E-state index is 11.7. The van der Waals surface area contributed by atoms with Crippen LogP contribution in [-0.2, 0) is 4.79 Å². The summed E-state index contributed by atoms with van der Waals surface area (Å²) in [6, 6.07) is 10.1. The molecule has 1 aliphatic rings. The van der Waals surface area contributed by atoms with Crippen LogP contribution in [0.25, 0.3) is 0 Å². The minimum atomic E-state index is -0.464. The zero-order chi connectivity index (χ0) is 18.0. The van der Waals surface area contributed by atoms with Crippen molar-refractivity contribution in [2.24, 2.45) is 0 Å². The number of rotatable bonds is 4. The molecule has 0 atom stereocenters. The predicted molar refractivity (Wildman–Crippen MR) is 90.4 cm³/mol. The summed E-state index contributed by atoms with van der Waals surface area (Å²) >= 11 is 0. The summed E-state index contributed by atoms with van der Waals surface area (Å²) in [4.78, 5) is 28.5. The van der Waals surface area contributed by atoms with E-state index >= 15 is 0 Å². The number of nitrogens with one attached hydrogen (secondary N) is 1. The second-order valence-corrected chi connectivity index (χ2v) is 5.86. The summed E-state index contributed by atoms with van der Waals surface area (Å²) in [6.07, 6.45) is 1.41. The number of ether oxygens (including phenoxy) is 1. The minimum absolute atomic E-state index is 0.0136. The van der Waals surface area contributed by atoms with Crippen LogP contribution in [-0.4, -0.2) is 23.5 Å². The van der Waals surface area contributed by atoms with Gasteiger partial charge in [0, 0.05) is 6.07 Å². The lowest BCUT2D eigenvalue weighted by Crippen LogP contribution is -2.30. The Hall–Kier alpha value is -3.40. The molecule has 1 aromatic heterocycles. The van der Waals surface area contributed by atoms with Crippen LogP contribution in [0.2, 0.25) is 0 Å². The molecule has 2 aromatic rings. The number of anilines is 1. The quantitative estimate of drug-likeness (QED) is 0.866. The Balaban J connectivity index is 1.80. The van der Waals surface area contributed by atoms with E-state index in [1.54, 1.807) is 24.3 Å². The fraction of sp³-hybridized carbons (Fsp3) is 0.222. The van der Waals surface area contributed by atoms with Crippen molar-refractivity contribution in [1.82, 2.24) is 10.3 Å². The SMILES string of the molecule is CC(C)c1cc(Oc2ccc(N3C(=O)CNC3=O)cn2)ccc1C#N. The molecule has 1 N–H and O–H groups in total. The molecule has 0 saturated carbocycles. The maximum Gasteiger partial charge on any atom is 0.329 e. The number of hydrogen-bond donors (Lipinski definition) is 1. The second-order valence-electron chi connectivity index (χ2n) is 5.86. The maximum absolute atomic E-state index is 11.7. The molecule has 0 unspecified atom stereocenters. The first-order valence-electron chi connectivity index (χ1n) is 7.78. The third-order valence-electron chi connectivity index (χ3n) is 3.81. The van der Waals surface area contributed by atoms with Gasteiger partial charge in [-0.3, -0.25) is 4.79 Å². The van der Waals surface area contributed by atoms with Crippen molar-refractivity contribution in [2.45, 2.75) is 19.8 Å². The summed E-state index contributed by atoms with van der Waals surface area (Å²) in [5.41, 5.74) is 1.90. The van der Waals surface area contributed by atoms with Gasteiger partial charge in [0.25, 0.3) is 5.91 Å². The van der Waals surface area contributed by atoms with Gasteiger partial charge >= 0.3 is 6.03 Å². The highest BCUT2D eigenvalue weighted by atomic mass is 16.5. The summed E-state index contributed by atoms with van der Waals surface area (Å²) in [7, 11) is 0. The molecular weight excluding hydrogens is 320 g/mol. The van der Waals surface area contributed by atoms with E-state index in [9.17, 15) is 9.59 Å². The first-order chi connectivity index (χ1) is 12.0. The van der Waals surface area contributed by atoms with Crippen LogP contribution in [0.5, 0.6) is 11.6 Å². The Bertz CT molecular complexity index is 853. The molecule has 7 nitrogen and oxygen atoms in total. The molecule has 0 radical (unpaired) electrons. The second kappa shape index (κ2) is 6.61. The van der Waals surface area contributed by atoms with Crippen molar-refractivity contribution in [1.29, 1.82) is 5.26 Å². The summed E-state index contributed by atoms with van der Waals surface area (Å²) in [6.45, 7) is 4.00. The molecule has 1 fully saturated rings. The average molecular weight is 336 g/mol. The zero-order valence-electron chi connectivity index (χ0n) is 13.8. The van der Waals surface area contributed by atoms with E-state index < -0.39 is 6.03 Å². The fourth-order valence-electron chi connectivity index (χ4n) is 2.55. The molecule has 2 heterocycles. The Morgan fingerprint density at radius 3 is 2.64 bits per heavy atom. The number of nitriles is 1.